The first-order valence-corrected chi connectivity index (χ1v) is 8.82. The van der Waals surface area contributed by atoms with E-state index in [1.165, 1.54) is 11.6 Å². The summed E-state index contributed by atoms with van der Waals surface area (Å²) in [4.78, 5) is 12.0. The molecule has 0 fully saturated rings. The Balaban J connectivity index is 1.50. The van der Waals surface area contributed by atoms with Crippen molar-refractivity contribution in [1.29, 1.82) is 0 Å². The summed E-state index contributed by atoms with van der Waals surface area (Å²) < 4.78 is 13.8. The Morgan fingerprint density at radius 2 is 1.62 bits per heavy atom. The first kappa shape index (κ1) is 17.9. The van der Waals surface area contributed by atoms with Crippen molar-refractivity contribution >= 4 is 11.6 Å². The minimum atomic E-state index is -0.215. The molecule has 0 atom stereocenters. The molecule has 1 N–H and O–H groups in total. The first-order valence-electron chi connectivity index (χ1n) is 8.82. The molecule has 0 radical (unpaired) electrons. The number of nitrogens with one attached hydrogen (secondary N) is 1. The van der Waals surface area contributed by atoms with E-state index in [9.17, 15) is 9.18 Å². The van der Waals surface area contributed by atoms with E-state index in [4.69, 9.17) is 0 Å². The molecule has 3 aromatic carbocycles. The normalized spacial score (nSPS) is 10.5. The molecule has 132 valence electrons. The molecule has 2 nitrogen and oxygen atoms in total. The summed E-state index contributed by atoms with van der Waals surface area (Å²) in [6.07, 6.45) is 2.07. The molecule has 0 bridgehead atoms. The van der Waals surface area contributed by atoms with E-state index in [1.807, 2.05) is 61.5 Å². The standard InChI is InChI=1S/C23H22FNO/c1-17-9-15-20(16-10-17)25-23(26)8-4-5-18-11-13-19(14-12-18)21-6-2-3-7-22(21)24/h2-3,6-7,9-16H,4-5,8H2,1H3,(H,25,26). The second-order valence-electron chi connectivity index (χ2n) is 6.44. The molecule has 0 aromatic heterocycles. The second kappa shape index (κ2) is 8.43. The van der Waals surface area contributed by atoms with Gasteiger partial charge < -0.3 is 5.32 Å². The maximum atomic E-state index is 13.8. The van der Waals surface area contributed by atoms with Gasteiger partial charge in [-0.05, 0) is 49.1 Å². The molecule has 1 amide bonds. The van der Waals surface area contributed by atoms with Crippen molar-refractivity contribution in [3.63, 3.8) is 0 Å². The van der Waals surface area contributed by atoms with Crippen LogP contribution >= 0.6 is 0 Å². The van der Waals surface area contributed by atoms with Crippen LogP contribution in [0.4, 0.5) is 10.1 Å². The lowest BCUT2D eigenvalue weighted by atomic mass is 10.0. The summed E-state index contributed by atoms with van der Waals surface area (Å²) in [7, 11) is 0. The van der Waals surface area contributed by atoms with Crippen LogP contribution in [0.25, 0.3) is 11.1 Å². The van der Waals surface area contributed by atoms with Crippen LogP contribution in [0.2, 0.25) is 0 Å². The maximum Gasteiger partial charge on any atom is 0.224 e. The van der Waals surface area contributed by atoms with Crippen molar-refractivity contribution in [3.8, 4) is 11.1 Å². The third kappa shape index (κ3) is 4.79. The Labute approximate surface area is 153 Å². The minimum absolute atomic E-state index is 0.0248. The average Bonchev–Trinajstić information content (AvgIpc) is 2.65. The Hall–Kier alpha value is -2.94. The zero-order valence-electron chi connectivity index (χ0n) is 14.8. The summed E-state index contributed by atoms with van der Waals surface area (Å²) >= 11 is 0. The van der Waals surface area contributed by atoms with E-state index < -0.39 is 0 Å². The van der Waals surface area contributed by atoms with Crippen LogP contribution in [0.5, 0.6) is 0 Å². The number of hydrogen-bond acceptors (Lipinski definition) is 1. The lowest BCUT2D eigenvalue weighted by molar-refractivity contribution is -0.116. The van der Waals surface area contributed by atoms with Gasteiger partial charge in [-0.15, -0.1) is 0 Å². The van der Waals surface area contributed by atoms with Gasteiger partial charge >= 0.3 is 0 Å². The van der Waals surface area contributed by atoms with Crippen molar-refractivity contribution < 1.29 is 9.18 Å². The van der Waals surface area contributed by atoms with Gasteiger partial charge in [-0.3, -0.25) is 4.79 Å². The number of benzene rings is 3. The second-order valence-corrected chi connectivity index (χ2v) is 6.44. The largest absolute Gasteiger partial charge is 0.326 e. The highest BCUT2D eigenvalue weighted by Gasteiger charge is 2.05. The molecule has 0 saturated carbocycles. The quantitative estimate of drug-likeness (QED) is 0.603. The lowest BCUT2D eigenvalue weighted by Crippen LogP contribution is -2.11. The Morgan fingerprint density at radius 3 is 2.31 bits per heavy atom. The van der Waals surface area contributed by atoms with Gasteiger partial charge in [0.05, 0.1) is 0 Å². The van der Waals surface area contributed by atoms with E-state index in [2.05, 4.69) is 5.32 Å². The van der Waals surface area contributed by atoms with Crippen molar-refractivity contribution in [1.82, 2.24) is 0 Å². The van der Waals surface area contributed by atoms with Gasteiger partial charge in [0.1, 0.15) is 5.82 Å². The number of rotatable bonds is 6. The smallest absolute Gasteiger partial charge is 0.224 e. The van der Waals surface area contributed by atoms with Crippen molar-refractivity contribution in [2.75, 3.05) is 5.32 Å². The third-order valence-electron chi connectivity index (χ3n) is 4.34. The van der Waals surface area contributed by atoms with Gasteiger partial charge in [-0.2, -0.15) is 0 Å². The highest BCUT2D eigenvalue weighted by molar-refractivity contribution is 5.90. The maximum absolute atomic E-state index is 13.8. The first-order chi connectivity index (χ1) is 12.6. The van der Waals surface area contributed by atoms with Gasteiger partial charge in [-0.25, -0.2) is 4.39 Å². The summed E-state index contributed by atoms with van der Waals surface area (Å²) in [6.45, 7) is 2.02. The Bertz CT molecular complexity index is 869. The molecule has 3 aromatic rings. The van der Waals surface area contributed by atoms with E-state index in [0.717, 1.165) is 29.7 Å². The number of aryl methyl sites for hydroxylation is 2. The number of anilines is 1. The molecule has 3 heteroatoms. The summed E-state index contributed by atoms with van der Waals surface area (Å²) in [6, 6.07) is 22.4. The molecule has 0 aliphatic carbocycles. The third-order valence-corrected chi connectivity index (χ3v) is 4.34. The highest BCUT2D eigenvalue weighted by atomic mass is 19.1. The number of hydrogen-bond donors (Lipinski definition) is 1. The number of halogens is 1. The van der Waals surface area contributed by atoms with Gasteiger partial charge in [-0.1, -0.05) is 60.2 Å². The fourth-order valence-corrected chi connectivity index (χ4v) is 2.86. The summed E-state index contributed by atoms with van der Waals surface area (Å²) in [5.41, 5.74) is 4.62. The van der Waals surface area contributed by atoms with Gasteiger partial charge in [0.2, 0.25) is 5.91 Å². The molecular weight excluding hydrogens is 325 g/mol. The summed E-state index contributed by atoms with van der Waals surface area (Å²) in [5.74, 6) is -0.190. The SMILES string of the molecule is Cc1ccc(NC(=O)CCCc2ccc(-c3ccccc3F)cc2)cc1. The van der Waals surface area contributed by atoms with Crippen molar-refractivity contribution in [3.05, 3.63) is 89.7 Å². The highest BCUT2D eigenvalue weighted by Crippen LogP contribution is 2.23. The van der Waals surface area contributed by atoms with E-state index >= 15 is 0 Å². The molecule has 0 aliphatic heterocycles. The van der Waals surface area contributed by atoms with Gasteiger partial charge in [0.15, 0.2) is 0 Å². The fraction of sp³-hybridized carbons (Fsp3) is 0.174. The summed E-state index contributed by atoms with van der Waals surface area (Å²) in [5, 5.41) is 2.91. The Morgan fingerprint density at radius 1 is 0.923 bits per heavy atom. The van der Waals surface area contributed by atoms with Crippen molar-refractivity contribution in [2.24, 2.45) is 0 Å². The van der Waals surface area contributed by atoms with Crippen LogP contribution in [0.1, 0.15) is 24.0 Å². The van der Waals surface area contributed by atoms with Crippen LogP contribution in [-0.2, 0) is 11.2 Å². The predicted molar refractivity (Wildman–Crippen MR) is 105 cm³/mol. The van der Waals surface area contributed by atoms with Gasteiger partial charge in [0.25, 0.3) is 0 Å². The van der Waals surface area contributed by atoms with Crippen LogP contribution < -0.4 is 5.32 Å². The fourth-order valence-electron chi connectivity index (χ4n) is 2.86. The Kier molecular flexibility index (Phi) is 5.80. The topological polar surface area (TPSA) is 29.1 Å². The lowest BCUT2D eigenvalue weighted by Gasteiger charge is -2.07. The number of carbonyl (C=O) groups is 1. The zero-order valence-corrected chi connectivity index (χ0v) is 14.8. The molecule has 3 rings (SSSR count). The molecular formula is C23H22FNO. The predicted octanol–water partition coefficient (Wildman–Crippen LogP) is 5.76. The molecule has 0 unspecified atom stereocenters. The van der Waals surface area contributed by atoms with E-state index in [0.29, 0.717) is 12.0 Å². The molecule has 0 heterocycles. The van der Waals surface area contributed by atoms with Crippen molar-refractivity contribution in [2.45, 2.75) is 26.2 Å². The minimum Gasteiger partial charge on any atom is -0.326 e. The number of amides is 1. The van der Waals surface area contributed by atoms with Crippen LogP contribution in [0.3, 0.4) is 0 Å². The van der Waals surface area contributed by atoms with Crippen LogP contribution in [0, 0.1) is 12.7 Å². The zero-order chi connectivity index (χ0) is 18.4. The molecule has 0 spiro atoms. The molecule has 0 saturated heterocycles. The number of carbonyl (C=O) groups excluding carboxylic acids is 1. The van der Waals surface area contributed by atoms with Crippen LogP contribution in [-0.4, -0.2) is 5.91 Å². The van der Waals surface area contributed by atoms with E-state index in [-0.39, 0.29) is 11.7 Å². The molecule has 26 heavy (non-hydrogen) atoms. The van der Waals surface area contributed by atoms with Gasteiger partial charge in [0, 0.05) is 17.7 Å². The monoisotopic (exact) mass is 347 g/mol. The van der Waals surface area contributed by atoms with Crippen LogP contribution in [0.15, 0.2) is 72.8 Å². The average molecular weight is 347 g/mol. The molecule has 0 aliphatic rings. The van der Waals surface area contributed by atoms with E-state index in [1.54, 1.807) is 12.1 Å².